The summed E-state index contributed by atoms with van der Waals surface area (Å²) < 4.78 is 7.61. The van der Waals surface area contributed by atoms with Crippen LogP contribution in [0.2, 0.25) is 5.02 Å². The summed E-state index contributed by atoms with van der Waals surface area (Å²) in [5.41, 5.74) is 4.02. The number of hydrogen-bond donors (Lipinski definition) is 0. The Morgan fingerprint density at radius 1 is 1.09 bits per heavy atom. The van der Waals surface area contributed by atoms with Gasteiger partial charge in [0.1, 0.15) is 5.76 Å². The van der Waals surface area contributed by atoms with Gasteiger partial charge in [-0.3, -0.25) is 9.20 Å². The molecule has 0 radical (unpaired) electrons. The number of thiazole rings is 1. The molecule has 0 bridgehead atoms. The van der Waals surface area contributed by atoms with E-state index in [1.54, 1.807) is 28.6 Å². The quantitative estimate of drug-likeness (QED) is 0.232. The van der Waals surface area contributed by atoms with Crippen molar-refractivity contribution in [1.82, 2.24) is 14.3 Å². The molecule has 5 nitrogen and oxygen atoms in total. The smallest absolute Gasteiger partial charge is 0.246 e. The highest BCUT2D eigenvalue weighted by Crippen LogP contribution is 2.25. The van der Waals surface area contributed by atoms with Crippen LogP contribution in [0.3, 0.4) is 0 Å². The van der Waals surface area contributed by atoms with Crippen LogP contribution in [0, 0.1) is 0 Å². The van der Waals surface area contributed by atoms with Crippen LogP contribution < -0.4 is 0 Å². The second-order valence-corrected chi connectivity index (χ2v) is 9.12. The fraction of sp³-hybridized carbons (Fsp3) is 0.111. The van der Waals surface area contributed by atoms with Crippen molar-refractivity contribution < 1.29 is 9.21 Å². The topological polar surface area (TPSA) is 50.8 Å². The lowest BCUT2D eigenvalue weighted by Gasteiger charge is -2.20. The molecule has 0 aliphatic heterocycles. The van der Waals surface area contributed by atoms with Crippen LogP contribution >= 0.6 is 22.9 Å². The van der Waals surface area contributed by atoms with E-state index in [1.165, 1.54) is 0 Å². The molecule has 0 unspecified atom stereocenters. The minimum Gasteiger partial charge on any atom is -0.467 e. The molecular weight excluding hydrogens is 466 g/mol. The molecule has 0 aliphatic rings. The van der Waals surface area contributed by atoms with Crippen molar-refractivity contribution in [2.45, 2.75) is 13.0 Å². The lowest BCUT2D eigenvalue weighted by atomic mass is 10.2. The van der Waals surface area contributed by atoms with Gasteiger partial charge in [-0.2, -0.15) is 0 Å². The third-order valence-corrected chi connectivity index (χ3v) is 6.66. The molecule has 5 aromatic rings. The maximum atomic E-state index is 13.1. The summed E-state index contributed by atoms with van der Waals surface area (Å²) in [4.78, 5) is 20.5. The monoisotopic (exact) mass is 487 g/mol. The van der Waals surface area contributed by atoms with E-state index in [0.29, 0.717) is 24.5 Å². The molecule has 3 aromatic heterocycles. The minimum absolute atomic E-state index is 0.0563. The first-order valence-corrected chi connectivity index (χ1v) is 12.2. The molecule has 0 saturated heterocycles. The van der Waals surface area contributed by atoms with Gasteiger partial charge in [-0.15, -0.1) is 11.3 Å². The third kappa shape index (κ3) is 5.14. The largest absolute Gasteiger partial charge is 0.467 e. The Morgan fingerprint density at radius 3 is 2.68 bits per heavy atom. The molecule has 1 amide bonds. The predicted molar refractivity (Wildman–Crippen MR) is 137 cm³/mol. The third-order valence-electron chi connectivity index (χ3n) is 5.52. The molecule has 0 fully saturated rings. The van der Waals surface area contributed by atoms with Crippen LogP contribution in [0.15, 0.2) is 95.1 Å². The summed E-state index contributed by atoms with van der Waals surface area (Å²) in [7, 11) is 0. The van der Waals surface area contributed by atoms with Gasteiger partial charge in [-0.05, 0) is 35.9 Å². The Balaban J connectivity index is 1.33. The maximum absolute atomic E-state index is 13.1. The van der Waals surface area contributed by atoms with Gasteiger partial charge in [0, 0.05) is 46.9 Å². The average Bonchev–Trinajstić information content (AvgIpc) is 3.60. The average molecular weight is 488 g/mol. The van der Waals surface area contributed by atoms with Crippen molar-refractivity contribution in [3.8, 4) is 11.3 Å². The number of rotatable bonds is 8. The number of benzene rings is 2. The molecular formula is C27H22ClN3O2S. The van der Waals surface area contributed by atoms with E-state index in [2.05, 4.69) is 9.78 Å². The first kappa shape index (κ1) is 22.2. The van der Waals surface area contributed by atoms with Gasteiger partial charge < -0.3 is 9.32 Å². The number of carbonyl (C=O) groups is 1. The first-order valence-electron chi connectivity index (χ1n) is 10.9. The number of hydrogen-bond acceptors (Lipinski definition) is 4. The van der Waals surface area contributed by atoms with E-state index in [1.807, 2.05) is 79.0 Å². The summed E-state index contributed by atoms with van der Waals surface area (Å²) >= 11 is 7.61. The molecule has 170 valence electrons. The second-order valence-electron chi connectivity index (χ2n) is 7.85. The number of halogens is 1. The number of fused-ring (bicyclic) bond motifs is 1. The number of imidazole rings is 1. The molecule has 0 atom stereocenters. The van der Waals surface area contributed by atoms with Gasteiger partial charge in [0.25, 0.3) is 0 Å². The molecule has 34 heavy (non-hydrogen) atoms. The van der Waals surface area contributed by atoms with Gasteiger partial charge in [-0.1, -0.05) is 54.1 Å². The molecule has 0 saturated carbocycles. The van der Waals surface area contributed by atoms with Gasteiger partial charge >= 0.3 is 0 Å². The Hall–Kier alpha value is -3.61. The molecule has 0 aliphatic carbocycles. The van der Waals surface area contributed by atoms with Gasteiger partial charge in [0.05, 0.1) is 18.5 Å². The van der Waals surface area contributed by atoms with E-state index < -0.39 is 0 Å². The number of aromatic nitrogens is 2. The van der Waals surface area contributed by atoms with Gasteiger partial charge in [-0.25, -0.2) is 4.98 Å². The highest BCUT2D eigenvalue weighted by Gasteiger charge is 2.16. The summed E-state index contributed by atoms with van der Waals surface area (Å²) in [6.45, 7) is 0.969. The van der Waals surface area contributed by atoms with Crippen LogP contribution in [-0.2, 0) is 17.8 Å². The SMILES string of the molecule is O=C(/C=C/c1ccccc1)N(CCc1csc2nc(-c3ccc(Cl)cc3)cn12)Cc1ccco1. The first-order chi connectivity index (χ1) is 16.7. The van der Waals surface area contributed by atoms with Crippen molar-refractivity contribution in [1.29, 1.82) is 0 Å². The summed E-state index contributed by atoms with van der Waals surface area (Å²) in [6, 6.07) is 21.2. The van der Waals surface area contributed by atoms with Gasteiger partial charge in [0.2, 0.25) is 5.91 Å². The van der Waals surface area contributed by atoms with E-state index >= 15 is 0 Å². The summed E-state index contributed by atoms with van der Waals surface area (Å²) in [5, 5.41) is 2.80. The van der Waals surface area contributed by atoms with E-state index in [4.69, 9.17) is 21.0 Å². The van der Waals surface area contributed by atoms with Crippen molar-refractivity contribution in [3.05, 3.63) is 113 Å². The van der Waals surface area contributed by atoms with Crippen LogP contribution in [0.1, 0.15) is 17.0 Å². The predicted octanol–water partition coefficient (Wildman–Crippen LogP) is 6.59. The Bertz CT molecular complexity index is 1400. The normalized spacial score (nSPS) is 11.4. The lowest BCUT2D eigenvalue weighted by Crippen LogP contribution is -2.31. The van der Waals surface area contributed by atoms with Crippen LogP contribution in [0.25, 0.3) is 22.3 Å². The fourth-order valence-corrected chi connectivity index (χ4v) is 4.75. The van der Waals surface area contributed by atoms with E-state index in [0.717, 1.165) is 33.2 Å². The van der Waals surface area contributed by atoms with Gasteiger partial charge in [0.15, 0.2) is 4.96 Å². The van der Waals surface area contributed by atoms with Crippen molar-refractivity contribution >= 4 is 39.9 Å². The summed E-state index contributed by atoms with van der Waals surface area (Å²) in [6.07, 6.45) is 7.83. The molecule has 3 heterocycles. The Kier molecular flexibility index (Phi) is 6.60. The number of nitrogens with zero attached hydrogens (tertiary/aromatic N) is 3. The zero-order valence-corrected chi connectivity index (χ0v) is 19.9. The molecule has 2 aromatic carbocycles. The molecule has 7 heteroatoms. The second kappa shape index (κ2) is 10.1. The highest BCUT2D eigenvalue weighted by atomic mass is 35.5. The Morgan fingerprint density at radius 2 is 1.91 bits per heavy atom. The lowest BCUT2D eigenvalue weighted by molar-refractivity contribution is -0.126. The molecule has 5 rings (SSSR count). The zero-order chi connectivity index (χ0) is 23.3. The maximum Gasteiger partial charge on any atom is 0.246 e. The van der Waals surface area contributed by atoms with Crippen molar-refractivity contribution in [3.63, 3.8) is 0 Å². The number of furan rings is 1. The molecule has 0 spiro atoms. The fourth-order valence-electron chi connectivity index (χ4n) is 3.71. The van der Waals surface area contributed by atoms with Crippen LogP contribution in [0.5, 0.6) is 0 Å². The standard InChI is InChI=1S/C27H22ClN3O2S/c28-22-11-9-21(10-12-22)25-18-31-23(19-34-27(31)29-25)14-15-30(17-24-7-4-16-33-24)26(32)13-8-20-5-2-1-3-6-20/h1-13,16,18-19H,14-15,17H2/b13-8+. The summed E-state index contributed by atoms with van der Waals surface area (Å²) in [5.74, 6) is 0.698. The minimum atomic E-state index is -0.0563. The zero-order valence-electron chi connectivity index (χ0n) is 18.3. The van der Waals surface area contributed by atoms with E-state index in [-0.39, 0.29) is 5.91 Å². The molecule has 0 N–H and O–H groups in total. The number of amides is 1. The van der Waals surface area contributed by atoms with Crippen LogP contribution in [-0.4, -0.2) is 26.7 Å². The van der Waals surface area contributed by atoms with E-state index in [9.17, 15) is 4.79 Å². The number of carbonyl (C=O) groups excluding carboxylic acids is 1. The van der Waals surface area contributed by atoms with Crippen molar-refractivity contribution in [2.24, 2.45) is 0 Å². The van der Waals surface area contributed by atoms with Crippen LogP contribution in [0.4, 0.5) is 0 Å². The highest BCUT2D eigenvalue weighted by molar-refractivity contribution is 7.15. The van der Waals surface area contributed by atoms with Crippen molar-refractivity contribution in [2.75, 3.05) is 6.54 Å². The Labute approximate surface area is 206 Å².